The van der Waals surface area contributed by atoms with Gasteiger partial charge in [-0.1, -0.05) is 31.2 Å². The van der Waals surface area contributed by atoms with Crippen LogP contribution in [-0.2, 0) is 20.3 Å². The van der Waals surface area contributed by atoms with Gasteiger partial charge in [0.25, 0.3) is 0 Å². The SMILES string of the molecule is Cc1cnc([C@H](OC(C)C)[C@H](C)S(=O)(=O)Cc2nnc3n2-c2c(F)cccc2/C=C\C[C@@H]3C)nc1. The Morgan fingerprint density at radius 2 is 1.89 bits per heavy atom. The summed E-state index contributed by atoms with van der Waals surface area (Å²) in [6.07, 6.45) is 6.63. The maximum Gasteiger partial charge on any atom is 0.163 e. The maximum atomic E-state index is 15.1. The highest BCUT2D eigenvalue weighted by Crippen LogP contribution is 2.32. The van der Waals surface area contributed by atoms with E-state index >= 15 is 4.39 Å². The zero-order valence-corrected chi connectivity index (χ0v) is 21.3. The number of hydrogen-bond donors (Lipinski definition) is 0. The average molecular weight is 500 g/mol. The first-order chi connectivity index (χ1) is 16.6. The van der Waals surface area contributed by atoms with E-state index in [1.54, 1.807) is 36.0 Å². The summed E-state index contributed by atoms with van der Waals surface area (Å²) >= 11 is 0. The fourth-order valence-corrected chi connectivity index (χ4v) is 5.49. The molecule has 0 amide bonds. The van der Waals surface area contributed by atoms with Crippen LogP contribution in [0.5, 0.6) is 0 Å². The molecule has 0 bridgehead atoms. The summed E-state index contributed by atoms with van der Waals surface area (Å²) in [6.45, 7) is 9.05. The third-order valence-corrected chi connectivity index (χ3v) is 8.06. The molecular formula is C25H30FN5O3S. The standard InChI is InChI=1S/C25H30FN5O3S/c1-15(2)34-23(24-27-12-16(3)13-28-24)18(5)35(32,33)14-21-29-30-25-17(4)8-6-9-19-10-7-11-20(26)22(19)31(21)25/h6-7,9-13,15,17-18,23H,8,14H2,1-5H3/b9-6-/t17-,18-,23+/m0/s1. The highest BCUT2D eigenvalue weighted by molar-refractivity contribution is 7.91. The van der Waals surface area contributed by atoms with Crippen LogP contribution in [0.15, 0.2) is 36.7 Å². The molecule has 0 saturated carbocycles. The highest BCUT2D eigenvalue weighted by atomic mass is 32.2. The fourth-order valence-electron chi connectivity index (χ4n) is 4.12. The van der Waals surface area contributed by atoms with Gasteiger partial charge in [-0.05, 0) is 45.7 Å². The van der Waals surface area contributed by atoms with E-state index in [4.69, 9.17) is 4.74 Å². The first-order valence-corrected chi connectivity index (χ1v) is 13.3. The lowest BCUT2D eigenvalue weighted by Gasteiger charge is -2.25. The van der Waals surface area contributed by atoms with Crippen molar-refractivity contribution in [1.29, 1.82) is 0 Å². The Labute approximate surface area is 205 Å². The van der Waals surface area contributed by atoms with E-state index in [1.807, 2.05) is 39.8 Å². The number of halogens is 1. The van der Waals surface area contributed by atoms with Gasteiger partial charge in [-0.3, -0.25) is 4.57 Å². The summed E-state index contributed by atoms with van der Waals surface area (Å²) in [5, 5.41) is 7.51. The molecule has 8 nitrogen and oxygen atoms in total. The molecule has 0 unspecified atom stereocenters. The van der Waals surface area contributed by atoms with E-state index < -0.39 is 32.8 Å². The average Bonchev–Trinajstić information content (AvgIpc) is 3.18. The van der Waals surface area contributed by atoms with Gasteiger partial charge in [0.1, 0.15) is 23.5 Å². The zero-order valence-electron chi connectivity index (χ0n) is 20.5. The van der Waals surface area contributed by atoms with Gasteiger partial charge in [0.15, 0.2) is 21.5 Å². The second kappa shape index (κ2) is 9.94. The Hall–Kier alpha value is -2.98. The number of benzene rings is 1. The third kappa shape index (κ3) is 5.18. The molecule has 0 radical (unpaired) electrons. The van der Waals surface area contributed by atoms with Gasteiger partial charge in [-0.25, -0.2) is 22.8 Å². The van der Waals surface area contributed by atoms with Crippen molar-refractivity contribution >= 4 is 15.9 Å². The number of fused-ring (bicyclic) bond motifs is 3. The van der Waals surface area contributed by atoms with Crippen molar-refractivity contribution in [3.63, 3.8) is 0 Å². The molecule has 0 saturated heterocycles. The van der Waals surface area contributed by atoms with Crippen molar-refractivity contribution in [2.24, 2.45) is 0 Å². The van der Waals surface area contributed by atoms with E-state index in [9.17, 15) is 8.42 Å². The van der Waals surface area contributed by atoms with Gasteiger partial charge in [0.2, 0.25) is 0 Å². The lowest BCUT2D eigenvalue weighted by atomic mass is 10.0. The van der Waals surface area contributed by atoms with Crippen molar-refractivity contribution < 1.29 is 17.5 Å². The van der Waals surface area contributed by atoms with Crippen LogP contribution in [0, 0.1) is 12.7 Å². The molecule has 0 N–H and O–H groups in total. The molecule has 1 aliphatic rings. The molecule has 4 rings (SSSR count). The Kier molecular flexibility index (Phi) is 7.14. The minimum atomic E-state index is -3.84. The number of para-hydroxylation sites is 1. The van der Waals surface area contributed by atoms with E-state index in [-0.39, 0.29) is 23.5 Å². The van der Waals surface area contributed by atoms with Crippen molar-refractivity contribution in [2.45, 2.75) is 70.2 Å². The molecule has 10 heteroatoms. The smallest absolute Gasteiger partial charge is 0.163 e. The van der Waals surface area contributed by atoms with Crippen LogP contribution in [-0.4, -0.2) is 44.5 Å². The molecule has 186 valence electrons. The number of aromatic nitrogens is 5. The topological polar surface area (TPSA) is 99.9 Å². The second-order valence-corrected chi connectivity index (χ2v) is 11.6. The molecule has 3 atom stereocenters. The zero-order chi connectivity index (χ0) is 25.3. The van der Waals surface area contributed by atoms with E-state index in [2.05, 4.69) is 20.2 Å². The van der Waals surface area contributed by atoms with Crippen molar-refractivity contribution in [3.05, 3.63) is 71.1 Å². The molecule has 0 aliphatic carbocycles. The van der Waals surface area contributed by atoms with Crippen LogP contribution in [0.2, 0.25) is 0 Å². The first kappa shape index (κ1) is 25.1. The molecule has 0 fully saturated rings. The van der Waals surface area contributed by atoms with Crippen molar-refractivity contribution in [1.82, 2.24) is 24.7 Å². The fraction of sp³-hybridized carbons (Fsp3) is 0.440. The van der Waals surface area contributed by atoms with E-state index in [0.29, 0.717) is 23.6 Å². The highest BCUT2D eigenvalue weighted by Gasteiger charge is 2.36. The van der Waals surface area contributed by atoms with Gasteiger partial charge in [0, 0.05) is 23.9 Å². The summed E-state index contributed by atoms with van der Waals surface area (Å²) in [5.41, 5.74) is 1.75. The quantitative estimate of drug-likeness (QED) is 0.472. The lowest BCUT2D eigenvalue weighted by Crippen LogP contribution is -2.32. The molecule has 2 aromatic heterocycles. The second-order valence-electron chi connectivity index (χ2n) is 9.26. The molecule has 35 heavy (non-hydrogen) atoms. The molecule has 0 spiro atoms. The Bertz CT molecular complexity index is 1340. The van der Waals surface area contributed by atoms with Crippen molar-refractivity contribution in [3.8, 4) is 5.69 Å². The number of hydrogen-bond acceptors (Lipinski definition) is 7. The van der Waals surface area contributed by atoms with Crippen molar-refractivity contribution in [2.75, 3.05) is 0 Å². The summed E-state index contributed by atoms with van der Waals surface area (Å²) in [4.78, 5) is 8.63. The Morgan fingerprint density at radius 3 is 2.57 bits per heavy atom. The van der Waals surface area contributed by atoms with Gasteiger partial charge >= 0.3 is 0 Å². The third-order valence-electron chi connectivity index (χ3n) is 6.02. The first-order valence-electron chi connectivity index (χ1n) is 11.6. The van der Waals surface area contributed by atoms with Crippen LogP contribution < -0.4 is 0 Å². The number of allylic oxidation sites excluding steroid dienone is 1. The monoisotopic (exact) mass is 499 g/mol. The van der Waals surface area contributed by atoms with Crippen LogP contribution in [0.3, 0.4) is 0 Å². The minimum Gasteiger partial charge on any atom is -0.366 e. The summed E-state index contributed by atoms with van der Waals surface area (Å²) in [5.74, 6) is 0.00670. The predicted molar refractivity (Wildman–Crippen MR) is 131 cm³/mol. The van der Waals surface area contributed by atoms with Gasteiger partial charge in [-0.2, -0.15) is 0 Å². The predicted octanol–water partition coefficient (Wildman–Crippen LogP) is 4.49. The van der Waals surface area contributed by atoms with E-state index in [0.717, 1.165) is 5.56 Å². The molecule has 3 heterocycles. The normalized spacial score (nSPS) is 18.3. The van der Waals surface area contributed by atoms with Crippen LogP contribution in [0.4, 0.5) is 4.39 Å². The van der Waals surface area contributed by atoms with E-state index in [1.165, 1.54) is 6.07 Å². The summed E-state index contributed by atoms with van der Waals surface area (Å²) in [7, 11) is -3.84. The van der Waals surface area contributed by atoms with Gasteiger partial charge < -0.3 is 4.74 Å². The Morgan fingerprint density at radius 1 is 1.17 bits per heavy atom. The van der Waals surface area contributed by atoms with Gasteiger partial charge in [0.05, 0.1) is 17.0 Å². The molecule has 1 aliphatic heterocycles. The lowest BCUT2D eigenvalue weighted by molar-refractivity contribution is 0.00141. The number of aryl methyl sites for hydroxylation is 1. The van der Waals surface area contributed by atoms with Crippen LogP contribution in [0.1, 0.15) is 74.7 Å². The number of rotatable bonds is 7. The van der Waals surface area contributed by atoms with Crippen LogP contribution in [0.25, 0.3) is 11.8 Å². The summed E-state index contributed by atoms with van der Waals surface area (Å²) in [6, 6.07) is 4.77. The number of nitrogens with zero attached hydrogens (tertiary/aromatic N) is 5. The Balaban J connectivity index is 1.75. The summed E-state index contributed by atoms with van der Waals surface area (Å²) < 4.78 is 49.9. The molecular weight excluding hydrogens is 469 g/mol. The maximum absolute atomic E-state index is 15.1. The van der Waals surface area contributed by atoms with Gasteiger partial charge in [-0.15, -0.1) is 10.2 Å². The molecule has 3 aromatic rings. The van der Waals surface area contributed by atoms with Crippen LogP contribution >= 0.6 is 0 Å². The molecule has 1 aromatic carbocycles. The minimum absolute atomic E-state index is 0.0710. The largest absolute Gasteiger partial charge is 0.366 e. The number of sulfone groups is 1. The number of ether oxygens (including phenoxy) is 1.